The Kier molecular flexibility index (Phi) is 2.99. The van der Waals surface area contributed by atoms with Crippen molar-refractivity contribution in [3.8, 4) is 0 Å². The zero-order valence-electron chi connectivity index (χ0n) is 5.85. The van der Waals surface area contributed by atoms with Crippen molar-refractivity contribution in [3.05, 3.63) is 12.2 Å². The normalized spacial score (nSPS) is 12.7. The smallest absolute Gasteiger partial charge is 0.310 e. The zero-order chi connectivity index (χ0) is 7.44. The topological polar surface area (TPSA) is 37.3 Å². The van der Waals surface area contributed by atoms with Gasteiger partial charge in [0.15, 0.2) is 0 Å². The molecule has 0 amide bonds. The SMILES string of the molecule is C=C(CC)C(C)C(=O)O. The van der Waals surface area contributed by atoms with Gasteiger partial charge in [0, 0.05) is 0 Å². The predicted octanol–water partition coefficient (Wildman–Crippen LogP) is 1.67. The van der Waals surface area contributed by atoms with Crippen LogP contribution in [0.3, 0.4) is 0 Å². The van der Waals surface area contributed by atoms with Gasteiger partial charge in [-0.15, -0.1) is 0 Å². The summed E-state index contributed by atoms with van der Waals surface area (Å²) in [5, 5.41) is 8.42. The molecule has 0 aromatic rings. The van der Waals surface area contributed by atoms with E-state index in [4.69, 9.17) is 5.11 Å². The fourth-order valence-electron chi connectivity index (χ4n) is 0.481. The number of rotatable bonds is 3. The molecule has 0 saturated carbocycles. The Bertz CT molecular complexity index is 127. The second-order valence-corrected chi connectivity index (χ2v) is 2.07. The molecule has 52 valence electrons. The zero-order valence-corrected chi connectivity index (χ0v) is 5.85. The Morgan fingerprint density at radius 3 is 2.33 bits per heavy atom. The summed E-state index contributed by atoms with van der Waals surface area (Å²) in [4.78, 5) is 10.2. The summed E-state index contributed by atoms with van der Waals surface area (Å²) < 4.78 is 0. The summed E-state index contributed by atoms with van der Waals surface area (Å²) >= 11 is 0. The van der Waals surface area contributed by atoms with Gasteiger partial charge >= 0.3 is 5.97 Å². The van der Waals surface area contributed by atoms with E-state index in [-0.39, 0.29) is 0 Å². The lowest BCUT2D eigenvalue weighted by molar-refractivity contribution is -0.139. The molecular formula is C7H12O2. The van der Waals surface area contributed by atoms with Crippen LogP contribution in [0.5, 0.6) is 0 Å². The molecule has 0 spiro atoms. The first-order chi connectivity index (χ1) is 4.09. The van der Waals surface area contributed by atoms with Crippen LogP contribution in [0, 0.1) is 5.92 Å². The molecule has 0 aliphatic carbocycles. The summed E-state index contributed by atoms with van der Waals surface area (Å²) in [6, 6.07) is 0. The highest BCUT2D eigenvalue weighted by atomic mass is 16.4. The molecule has 0 bridgehead atoms. The van der Waals surface area contributed by atoms with E-state index in [0.717, 1.165) is 12.0 Å². The highest BCUT2D eigenvalue weighted by Crippen LogP contribution is 2.10. The maximum Gasteiger partial charge on any atom is 0.310 e. The van der Waals surface area contributed by atoms with E-state index >= 15 is 0 Å². The van der Waals surface area contributed by atoms with E-state index < -0.39 is 11.9 Å². The molecule has 0 aliphatic rings. The van der Waals surface area contributed by atoms with Crippen molar-refractivity contribution in [2.75, 3.05) is 0 Å². The van der Waals surface area contributed by atoms with Gasteiger partial charge in [-0.25, -0.2) is 0 Å². The molecule has 2 nitrogen and oxygen atoms in total. The van der Waals surface area contributed by atoms with E-state index in [1.165, 1.54) is 0 Å². The van der Waals surface area contributed by atoms with Gasteiger partial charge in [-0.05, 0) is 13.3 Å². The Morgan fingerprint density at radius 1 is 1.78 bits per heavy atom. The van der Waals surface area contributed by atoms with Crippen molar-refractivity contribution in [3.63, 3.8) is 0 Å². The van der Waals surface area contributed by atoms with E-state index in [2.05, 4.69) is 6.58 Å². The van der Waals surface area contributed by atoms with E-state index in [9.17, 15) is 4.79 Å². The van der Waals surface area contributed by atoms with Gasteiger partial charge < -0.3 is 5.11 Å². The van der Waals surface area contributed by atoms with Gasteiger partial charge in [-0.2, -0.15) is 0 Å². The van der Waals surface area contributed by atoms with Gasteiger partial charge in [0.05, 0.1) is 5.92 Å². The molecule has 0 fully saturated rings. The van der Waals surface area contributed by atoms with Gasteiger partial charge in [0.1, 0.15) is 0 Å². The minimum absolute atomic E-state index is 0.394. The van der Waals surface area contributed by atoms with Crippen LogP contribution in [-0.2, 0) is 4.79 Å². The number of hydrogen-bond donors (Lipinski definition) is 1. The minimum Gasteiger partial charge on any atom is -0.481 e. The largest absolute Gasteiger partial charge is 0.481 e. The number of carbonyl (C=O) groups is 1. The molecule has 2 heteroatoms. The van der Waals surface area contributed by atoms with Crippen LogP contribution in [-0.4, -0.2) is 11.1 Å². The monoisotopic (exact) mass is 128 g/mol. The fourth-order valence-corrected chi connectivity index (χ4v) is 0.481. The highest BCUT2D eigenvalue weighted by molar-refractivity contribution is 5.72. The average molecular weight is 128 g/mol. The molecule has 1 N–H and O–H groups in total. The summed E-state index contributed by atoms with van der Waals surface area (Å²) in [5.74, 6) is -1.18. The average Bonchev–Trinajstić information content (AvgIpc) is 1.84. The number of carboxylic acids is 1. The molecule has 0 aliphatic heterocycles. The first-order valence-electron chi connectivity index (χ1n) is 3.00. The van der Waals surface area contributed by atoms with E-state index in [1.807, 2.05) is 6.92 Å². The Hall–Kier alpha value is -0.790. The lowest BCUT2D eigenvalue weighted by Gasteiger charge is -2.05. The molecule has 1 atom stereocenters. The van der Waals surface area contributed by atoms with E-state index in [0.29, 0.717) is 0 Å². The fraction of sp³-hybridized carbons (Fsp3) is 0.571. The Balaban J connectivity index is 3.88. The Labute approximate surface area is 55.2 Å². The lowest BCUT2D eigenvalue weighted by atomic mass is 10.0. The Morgan fingerprint density at radius 2 is 2.22 bits per heavy atom. The molecule has 0 saturated heterocycles. The van der Waals surface area contributed by atoms with Gasteiger partial charge in [-0.3, -0.25) is 4.79 Å². The third kappa shape index (κ3) is 2.31. The van der Waals surface area contributed by atoms with E-state index in [1.54, 1.807) is 6.92 Å². The van der Waals surface area contributed by atoms with Gasteiger partial charge in [-0.1, -0.05) is 19.1 Å². The van der Waals surface area contributed by atoms with Crippen LogP contribution in [0.1, 0.15) is 20.3 Å². The molecule has 0 aromatic heterocycles. The molecule has 1 unspecified atom stereocenters. The van der Waals surface area contributed by atoms with Gasteiger partial charge in [0.2, 0.25) is 0 Å². The maximum absolute atomic E-state index is 10.2. The molecule has 0 heterocycles. The minimum atomic E-state index is -0.790. The van der Waals surface area contributed by atoms with Crippen molar-refractivity contribution in [2.45, 2.75) is 20.3 Å². The van der Waals surface area contributed by atoms with Crippen molar-refractivity contribution in [1.29, 1.82) is 0 Å². The van der Waals surface area contributed by atoms with Crippen molar-refractivity contribution in [2.24, 2.45) is 5.92 Å². The summed E-state index contributed by atoms with van der Waals surface area (Å²) in [7, 11) is 0. The van der Waals surface area contributed by atoms with Crippen LogP contribution in [0.15, 0.2) is 12.2 Å². The van der Waals surface area contributed by atoms with Gasteiger partial charge in [0.25, 0.3) is 0 Å². The summed E-state index contributed by atoms with van der Waals surface area (Å²) in [5.41, 5.74) is 0.780. The molecule has 9 heavy (non-hydrogen) atoms. The molecular weight excluding hydrogens is 116 g/mol. The summed E-state index contributed by atoms with van der Waals surface area (Å²) in [6.07, 6.45) is 0.744. The molecule has 0 rings (SSSR count). The van der Waals surface area contributed by atoms with Crippen molar-refractivity contribution >= 4 is 5.97 Å². The van der Waals surface area contributed by atoms with Crippen molar-refractivity contribution in [1.82, 2.24) is 0 Å². The maximum atomic E-state index is 10.2. The van der Waals surface area contributed by atoms with Crippen LogP contribution in [0.4, 0.5) is 0 Å². The third-order valence-corrected chi connectivity index (χ3v) is 1.44. The molecule has 0 radical (unpaired) electrons. The number of carboxylic acid groups (broad SMARTS) is 1. The van der Waals surface area contributed by atoms with Crippen LogP contribution in [0.2, 0.25) is 0 Å². The number of hydrogen-bond acceptors (Lipinski definition) is 1. The van der Waals surface area contributed by atoms with Crippen LogP contribution < -0.4 is 0 Å². The van der Waals surface area contributed by atoms with Crippen LogP contribution in [0.25, 0.3) is 0 Å². The predicted molar refractivity (Wildman–Crippen MR) is 36.2 cm³/mol. The van der Waals surface area contributed by atoms with Crippen LogP contribution >= 0.6 is 0 Å². The molecule has 0 aromatic carbocycles. The summed E-state index contributed by atoms with van der Waals surface area (Å²) in [6.45, 7) is 7.17. The standard InChI is InChI=1S/C7H12O2/c1-4-5(2)6(3)7(8)9/h6H,2,4H2,1,3H3,(H,8,9). The highest BCUT2D eigenvalue weighted by Gasteiger charge is 2.11. The quantitative estimate of drug-likeness (QED) is 0.587. The second-order valence-electron chi connectivity index (χ2n) is 2.07. The second kappa shape index (κ2) is 3.28. The number of aliphatic carboxylic acids is 1. The first-order valence-corrected chi connectivity index (χ1v) is 3.00. The first kappa shape index (κ1) is 8.21. The lowest BCUT2D eigenvalue weighted by Crippen LogP contribution is -2.10. The third-order valence-electron chi connectivity index (χ3n) is 1.44. The van der Waals surface area contributed by atoms with Crippen molar-refractivity contribution < 1.29 is 9.90 Å².